The van der Waals surface area contributed by atoms with Gasteiger partial charge in [0, 0.05) is 19.1 Å². The molecule has 4 nitrogen and oxygen atoms in total. The normalized spacial score (nSPS) is 30.7. The number of nitrogens with zero attached hydrogens (tertiary/aromatic N) is 1. The molecule has 0 aliphatic heterocycles. The van der Waals surface area contributed by atoms with Gasteiger partial charge in [0.25, 0.3) is 0 Å². The summed E-state index contributed by atoms with van der Waals surface area (Å²) in [6.07, 6.45) is 3.97. The summed E-state index contributed by atoms with van der Waals surface area (Å²) in [6, 6.07) is 0. The SMILES string of the molecule is CC1CCCC(CN)(N(C)S(=O)(=O)C(C)(C)C)C1. The Morgan fingerprint density at radius 1 is 1.39 bits per heavy atom. The van der Waals surface area contributed by atoms with E-state index in [9.17, 15) is 8.42 Å². The molecule has 0 radical (unpaired) electrons. The quantitative estimate of drug-likeness (QED) is 0.857. The Hall–Kier alpha value is -0.130. The van der Waals surface area contributed by atoms with Crippen LogP contribution in [0.1, 0.15) is 53.4 Å². The fraction of sp³-hybridized carbons (Fsp3) is 1.00. The second-order valence-corrected chi connectivity index (χ2v) is 9.44. The highest BCUT2D eigenvalue weighted by molar-refractivity contribution is 7.90. The minimum Gasteiger partial charge on any atom is -0.329 e. The van der Waals surface area contributed by atoms with Crippen molar-refractivity contribution in [1.82, 2.24) is 4.31 Å². The van der Waals surface area contributed by atoms with Crippen molar-refractivity contribution < 1.29 is 8.42 Å². The van der Waals surface area contributed by atoms with Gasteiger partial charge in [0.05, 0.1) is 4.75 Å². The molecule has 0 heterocycles. The van der Waals surface area contributed by atoms with Crippen LogP contribution in [0.2, 0.25) is 0 Å². The van der Waals surface area contributed by atoms with Gasteiger partial charge in [-0.2, -0.15) is 4.31 Å². The Balaban J connectivity index is 3.10. The first-order valence-electron chi connectivity index (χ1n) is 6.75. The van der Waals surface area contributed by atoms with E-state index in [4.69, 9.17) is 5.73 Å². The van der Waals surface area contributed by atoms with E-state index >= 15 is 0 Å². The number of sulfonamides is 1. The lowest BCUT2D eigenvalue weighted by molar-refractivity contribution is 0.125. The van der Waals surface area contributed by atoms with E-state index in [1.807, 2.05) is 0 Å². The number of nitrogens with two attached hydrogens (primary N) is 1. The van der Waals surface area contributed by atoms with Crippen LogP contribution in [-0.2, 0) is 10.0 Å². The van der Waals surface area contributed by atoms with Crippen LogP contribution in [0.25, 0.3) is 0 Å². The molecule has 0 saturated heterocycles. The monoisotopic (exact) mass is 276 g/mol. The Bertz CT molecular complexity index is 386. The van der Waals surface area contributed by atoms with Gasteiger partial charge in [-0.3, -0.25) is 0 Å². The molecule has 1 saturated carbocycles. The Kier molecular flexibility index (Phi) is 4.51. The van der Waals surface area contributed by atoms with E-state index < -0.39 is 14.8 Å². The van der Waals surface area contributed by atoms with Crippen LogP contribution < -0.4 is 5.73 Å². The molecule has 0 aromatic rings. The van der Waals surface area contributed by atoms with E-state index in [1.54, 1.807) is 32.1 Å². The second-order valence-electron chi connectivity index (χ2n) is 6.71. The summed E-state index contributed by atoms with van der Waals surface area (Å²) in [5.41, 5.74) is 5.55. The number of hydrogen-bond acceptors (Lipinski definition) is 3. The molecule has 2 atom stereocenters. The first kappa shape index (κ1) is 15.9. The highest BCUT2D eigenvalue weighted by Gasteiger charge is 2.46. The van der Waals surface area contributed by atoms with Crippen molar-refractivity contribution in [3.63, 3.8) is 0 Å². The van der Waals surface area contributed by atoms with Gasteiger partial charge in [-0.05, 0) is 39.5 Å². The van der Waals surface area contributed by atoms with E-state index in [-0.39, 0.29) is 5.54 Å². The third kappa shape index (κ3) is 2.73. The molecule has 5 heteroatoms. The van der Waals surface area contributed by atoms with Crippen LogP contribution in [0, 0.1) is 5.92 Å². The topological polar surface area (TPSA) is 63.4 Å². The third-order valence-corrected chi connectivity index (χ3v) is 6.91. The predicted molar refractivity (Wildman–Crippen MR) is 75.9 cm³/mol. The van der Waals surface area contributed by atoms with Gasteiger partial charge in [0.2, 0.25) is 10.0 Å². The lowest BCUT2D eigenvalue weighted by Gasteiger charge is -2.47. The van der Waals surface area contributed by atoms with Crippen LogP contribution >= 0.6 is 0 Å². The minimum absolute atomic E-state index is 0.385. The van der Waals surface area contributed by atoms with E-state index in [2.05, 4.69) is 6.92 Å². The largest absolute Gasteiger partial charge is 0.329 e. The summed E-state index contributed by atoms with van der Waals surface area (Å²) in [4.78, 5) is 0. The lowest BCUT2D eigenvalue weighted by Crippen LogP contribution is -2.59. The average Bonchev–Trinajstić information content (AvgIpc) is 2.26. The molecule has 18 heavy (non-hydrogen) atoms. The molecule has 2 unspecified atom stereocenters. The zero-order chi connectivity index (χ0) is 14.2. The highest BCUT2D eigenvalue weighted by Crippen LogP contribution is 2.38. The summed E-state index contributed by atoms with van der Waals surface area (Å²) in [5, 5.41) is 0. The first-order chi connectivity index (χ1) is 8.07. The van der Waals surface area contributed by atoms with E-state index in [1.165, 1.54) is 6.42 Å². The fourth-order valence-corrected chi connectivity index (χ4v) is 4.47. The molecule has 0 amide bonds. The van der Waals surface area contributed by atoms with Gasteiger partial charge in [-0.1, -0.05) is 19.8 Å². The van der Waals surface area contributed by atoms with Crippen molar-refractivity contribution in [3.8, 4) is 0 Å². The smallest absolute Gasteiger partial charge is 0.219 e. The van der Waals surface area contributed by atoms with Gasteiger partial charge in [-0.15, -0.1) is 0 Å². The highest BCUT2D eigenvalue weighted by atomic mass is 32.2. The molecule has 0 spiro atoms. The third-order valence-electron chi connectivity index (χ3n) is 4.25. The summed E-state index contributed by atoms with van der Waals surface area (Å²) in [5.74, 6) is 0.542. The van der Waals surface area contributed by atoms with Gasteiger partial charge >= 0.3 is 0 Å². The number of likely N-dealkylation sites (N-methyl/N-ethyl adjacent to an activating group) is 1. The van der Waals surface area contributed by atoms with Crippen LogP contribution in [0.3, 0.4) is 0 Å². The van der Waals surface area contributed by atoms with Crippen molar-refractivity contribution in [2.24, 2.45) is 11.7 Å². The van der Waals surface area contributed by atoms with Crippen molar-refractivity contribution in [2.45, 2.75) is 63.7 Å². The van der Waals surface area contributed by atoms with Crippen LogP contribution in [0.15, 0.2) is 0 Å². The van der Waals surface area contributed by atoms with Crippen molar-refractivity contribution in [3.05, 3.63) is 0 Å². The van der Waals surface area contributed by atoms with Crippen LogP contribution in [-0.4, -0.2) is 36.6 Å². The molecule has 1 aliphatic carbocycles. The van der Waals surface area contributed by atoms with Gasteiger partial charge in [0.1, 0.15) is 0 Å². The molecular weight excluding hydrogens is 248 g/mol. The molecule has 0 aromatic heterocycles. The molecule has 2 N–H and O–H groups in total. The second kappa shape index (κ2) is 5.10. The molecule has 0 bridgehead atoms. The Labute approximate surface area is 112 Å². The summed E-state index contributed by atoms with van der Waals surface area (Å²) in [7, 11) is -1.62. The number of rotatable bonds is 3. The maximum atomic E-state index is 12.6. The van der Waals surface area contributed by atoms with Crippen molar-refractivity contribution >= 4 is 10.0 Å². The van der Waals surface area contributed by atoms with Gasteiger partial charge in [-0.25, -0.2) is 8.42 Å². The molecular formula is C13H28N2O2S. The average molecular weight is 276 g/mol. The summed E-state index contributed by atoms with van der Waals surface area (Å²) >= 11 is 0. The maximum absolute atomic E-state index is 12.6. The van der Waals surface area contributed by atoms with Crippen molar-refractivity contribution in [1.29, 1.82) is 0 Å². The molecule has 1 aliphatic rings. The molecule has 1 fully saturated rings. The van der Waals surface area contributed by atoms with Gasteiger partial charge in [0.15, 0.2) is 0 Å². The predicted octanol–water partition coefficient (Wildman–Crippen LogP) is 1.95. The fourth-order valence-electron chi connectivity index (χ4n) is 2.90. The van der Waals surface area contributed by atoms with E-state index in [0.29, 0.717) is 12.5 Å². The van der Waals surface area contributed by atoms with Crippen LogP contribution in [0.5, 0.6) is 0 Å². The lowest BCUT2D eigenvalue weighted by atomic mass is 9.76. The van der Waals surface area contributed by atoms with Crippen molar-refractivity contribution in [2.75, 3.05) is 13.6 Å². The minimum atomic E-state index is -3.32. The molecule has 108 valence electrons. The number of hydrogen-bond donors (Lipinski definition) is 1. The van der Waals surface area contributed by atoms with Gasteiger partial charge < -0.3 is 5.73 Å². The molecule has 0 aromatic carbocycles. The Morgan fingerprint density at radius 3 is 2.33 bits per heavy atom. The standard InChI is InChI=1S/C13H28N2O2S/c1-11-7-6-8-13(9-11,10-14)15(5)18(16,17)12(2,3)4/h11H,6-10,14H2,1-5H3. The Morgan fingerprint density at radius 2 is 1.94 bits per heavy atom. The zero-order valence-corrected chi connectivity index (χ0v) is 13.2. The van der Waals surface area contributed by atoms with Crippen LogP contribution in [0.4, 0.5) is 0 Å². The summed E-state index contributed by atoms with van der Waals surface area (Å²) in [6.45, 7) is 7.82. The zero-order valence-electron chi connectivity index (χ0n) is 12.4. The first-order valence-corrected chi connectivity index (χ1v) is 8.19. The summed E-state index contributed by atoms with van der Waals surface area (Å²) < 4.78 is 26.0. The van der Waals surface area contributed by atoms with E-state index in [0.717, 1.165) is 19.3 Å². The molecule has 1 rings (SSSR count). The maximum Gasteiger partial charge on any atom is 0.219 e.